The third kappa shape index (κ3) is 9.14. The number of amides is 2. The molecule has 4 N–H and O–H groups in total. The van der Waals surface area contributed by atoms with Gasteiger partial charge in [-0.15, -0.1) is 9.45 Å². The maximum Gasteiger partial charge on any atom is 0.288 e. The lowest BCUT2D eigenvalue weighted by Gasteiger charge is -2.26. The Bertz CT molecular complexity index is 2160. The number of nitrogens with zero attached hydrogens (tertiary/aromatic N) is 2. The highest BCUT2D eigenvalue weighted by Crippen LogP contribution is 2.47. The van der Waals surface area contributed by atoms with Crippen molar-refractivity contribution in [1.29, 1.82) is 0 Å². The summed E-state index contributed by atoms with van der Waals surface area (Å²) in [6, 6.07) is 3.90. The molecule has 312 valence electrons. The van der Waals surface area contributed by atoms with E-state index >= 15 is 0 Å². The van der Waals surface area contributed by atoms with Crippen LogP contribution in [0.2, 0.25) is 0 Å². The zero-order valence-corrected chi connectivity index (χ0v) is 35.6. The maximum absolute atomic E-state index is 14.4. The standard InChI is InChI=1S/C35H45N4O13PS4/c1-20-12-26-32(56(43,44)45)36-24-16-30(28(49-3)14-22(24)34(40)38(26)18-20)51-6-8-53(42,10-11-55(5)54)9-7-52-31-17-25-23(15-29(31)50-4)35(41)39-19-21(2)13-27(39)33(37-25)57(46,47)48/h14-17,26-27,32-33,36-37H,1-2,6-13,18-19H2,3-5H3,(H,43,44,45)(H,46,47,48)/t26-,27-,32?,33?,53?,55?/m0/s1. The van der Waals surface area contributed by atoms with E-state index in [1.807, 2.05) is 6.26 Å². The van der Waals surface area contributed by atoms with E-state index in [-0.39, 0.29) is 103 Å². The first kappa shape index (κ1) is 42.9. The summed E-state index contributed by atoms with van der Waals surface area (Å²) in [7, 11) is -10.1. The van der Waals surface area contributed by atoms with Crippen LogP contribution < -0.4 is 29.6 Å². The minimum absolute atomic E-state index is 0.0685. The second-order valence-electron chi connectivity index (χ2n) is 14.4. The summed E-state index contributed by atoms with van der Waals surface area (Å²) in [6.07, 6.45) is 2.67. The second kappa shape index (κ2) is 16.5. The van der Waals surface area contributed by atoms with Gasteiger partial charge in [-0.25, -0.2) is 0 Å². The molecule has 2 saturated heterocycles. The second-order valence-corrected chi connectivity index (χ2v) is 24.2. The van der Waals surface area contributed by atoms with Crippen molar-refractivity contribution in [1.82, 2.24) is 9.80 Å². The Balaban J connectivity index is 1.19. The Morgan fingerprint density at radius 2 is 1.18 bits per heavy atom. The van der Waals surface area contributed by atoms with Crippen LogP contribution >= 0.6 is 7.14 Å². The van der Waals surface area contributed by atoms with Crippen molar-refractivity contribution in [3.05, 3.63) is 59.7 Å². The van der Waals surface area contributed by atoms with Crippen LogP contribution in [0.3, 0.4) is 0 Å². The Labute approximate surface area is 338 Å². The lowest BCUT2D eigenvalue weighted by atomic mass is 10.1. The average Bonchev–Trinajstić information content (AvgIpc) is 3.66. The van der Waals surface area contributed by atoms with Crippen LogP contribution in [0.1, 0.15) is 33.6 Å². The van der Waals surface area contributed by atoms with Crippen molar-refractivity contribution in [2.45, 2.75) is 35.7 Å². The molecule has 0 bridgehead atoms. The van der Waals surface area contributed by atoms with Gasteiger partial charge in [-0.3, -0.25) is 18.7 Å². The van der Waals surface area contributed by atoms with Gasteiger partial charge >= 0.3 is 0 Å². The molecule has 0 radical (unpaired) electrons. The number of fused-ring (bicyclic) bond motifs is 4. The number of benzene rings is 2. The Morgan fingerprint density at radius 1 is 0.772 bits per heavy atom. The highest BCUT2D eigenvalue weighted by atomic mass is 32.8. The van der Waals surface area contributed by atoms with Crippen molar-refractivity contribution in [2.24, 2.45) is 0 Å². The van der Waals surface area contributed by atoms with Crippen molar-refractivity contribution in [2.75, 3.05) is 81.7 Å². The minimum atomic E-state index is -4.67. The SMILES string of the molecule is C=C1C[C@H]2C(S(=O)(=O)O)Nc3cc(OCCP(=O)(CCOc4cc5c(cc4OC)C(=O)N4CC(=C)C[C@H]4C(S(=O)(=O)O)N5)CCS(C)=S)c(OC)cc3C(=O)N2C1. The van der Waals surface area contributed by atoms with Gasteiger partial charge in [-0.1, -0.05) is 35.5 Å². The summed E-state index contributed by atoms with van der Waals surface area (Å²) in [5.74, 6) is 0.180. The zero-order valence-electron chi connectivity index (χ0n) is 31.5. The first-order chi connectivity index (χ1) is 26.7. The van der Waals surface area contributed by atoms with Crippen LogP contribution in [0, 0.1) is 0 Å². The fraction of sp³-hybridized carbons (Fsp3) is 0.486. The highest BCUT2D eigenvalue weighted by molar-refractivity contribution is 8.28. The molecule has 6 rings (SSSR count). The van der Waals surface area contributed by atoms with E-state index in [1.54, 1.807) is 0 Å². The molecule has 5 atom stereocenters. The van der Waals surface area contributed by atoms with Crippen molar-refractivity contribution >= 4 is 71.2 Å². The topological polar surface area (TPSA) is 227 Å². The van der Waals surface area contributed by atoms with Crippen LogP contribution in [-0.4, -0.2) is 141 Å². The number of carbonyl (C=O) groups excluding carboxylic acids is 2. The summed E-state index contributed by atoms with van der Waals surface area (Å²) in [4.78, 5) is 29.9. The Morgan fingerprint density at radius 3 is 1.53 bits per heavy atom. The molecule has 2 aromatic rings. The van der Waals surface area contributed by atoms with Crippen molar-refractivity contribution in [3.63, 3.8) is 0 Å². The molecule has 0 spiro atoms. The van der Waals surface area contributed by atoms with Gasteiger partial charge in [-0.05, 0) is 31.2 Å². The normalized spacial score (nSPS) is 23.5. The van der Waals surface area contributed by atoms with Crippen LogP contribution in [0.5, 0.6) is 23.0 Å². The number of carbonyl (C=O) groups is 2. The van der Waals surface area contributed by atoms with Gasteiger partial charge < -0.3 is 43.9 Å². The molecular formula is C35H45N4O13PS4. The molecule has 17 nitrogen and oxygen atoms in total. The molecule has 3 unspecified atom stereocenters. The number of ether oxygens (including phenoxy) is 4. The smallest absolute Gasteiger partial charge is 0.288 e. The largest absolute Gasteiger partial charge is 0.493 e. The number of hydrogen-bond donors (Lipinski definition) is 4. The fourth-order valence-corrected chi connectivity index (χ4v) is 13.9. The minimum Gasteiger partial charge on any atom is -0.493 e. The third-order valence-corrected chi connectivity index (χ3v) is 17.2. The molecule has 22 heteroatoms. The van der Waals surface area contributed by atoms with E-state index in [9.17, 15) is 40.1 Å². The maximum atomic E-state index is 14.4. The van der Waals surface area contributed by atoms with E-state index in [4.69, 9.17) is 30.1 Å². The molecule has 57 heavy (non-hydrogen) atoms. The molecule has 4 aliphatic rings. The van der Waals surface area contributed by atoms with Crippen LogP contribution in [-0.2, 0) is 45.4 Å². The predicted molar refractivity (Wildman–Crippen MR) is 220 cm³/mol. The van der Waals surface area contributed by atoms with Gasteiger partial charge in [0.25, 0.3) is 32.1 Å². The molecule has 2 amide bonds. The molecule has 2 aromatic carbocycles. The average molecular weight is 889 g/mol. The monoisotopic (exact) mass is 888 g/mol. The molecule has 0 aliphatic carbocycles. The first-order valence-corrected chi connectivity index (χ1v) is 25.7. The number of rotatable bonds is 15. The predicted octanol–water partition coefficient (Wildman–Crippen LogP) is 3.05. The number of nitrogens with one attached hydrogen (secondary N) is 2. The number of methoxy groups -OCH3 is 2. The quantitative estimate of drug-likeness (QED) is 0.115. The lowest BCUT2D eigenvalue weighted by molar-refractivity contribution is 0.0737. The van der Waals surface area contributed by atoms with E-state index in [2.05, 4.69) is 23.8 Å². The van der Waals surface area contributed by atoms with Gasteiger partial charge in [-0.2, -0.15) is 16.8 Å². The number of hydrogen-bond acceptors (Lipinski definition) is 14. The summed E-state index contributed by atoms with van der Waals surface area (Å²) in [5.41, 5.74) is 1.73. The van der Waals surface area contributed by atoms with Gasteiger partial charge in [0.05, 0.1) is 69.2 Å². The van der Waals surface area contributed by atoms with Crippen molar-refractivity contribution < 1.29 is 59.0 Å². The van der Waals surface area contributed by atoms with Gasteiger partial charge in [0, 0.05) is 49.5 Å². The number of anilines is 2. The molecule has 4 heterocycles. The Kier molecular flexibility index (Phi) is 12.4. The van der Waals surface area contributed by atoms with E-state index in [1.165, 1.54) is 48.3 Å². The molecule has 4 aliphatic heterocycles. The molecular weight excluding hydrogens is 844 g/mol. The van der Waals surface area contributed by atoms with Gasteiger partial charge in [0.2, 0.25) is 0 Å². The molecule has 0 aromatic heterocycles. The van der Waals surface area contributed by atoms with E-state index < -0.39 is 71.5 Å². The van der Waals surface area contributed by atoms with Crippen molar-refractivity contribution in [3.8, 4) is 23.0 Å². The third-order valence-electron chi connectivity index (χ3n) is 10.4. The van der Waals surface area contributed by atoms with Crippen LogP contribution in [0.15, 0.2) is 48.6 Å². The Hall–Kier alpha value is -3.72. The van der Waals surface area contributed by atoms with Crippen LogP contribution in [0.25, 0.3) is 0 Å². The van der Waals surface area contributed by atoms with Crippen LogP contribution in [0.4, 0.5) is 11.4 Å². The van der Waals surface area contributed by atoms with E-state index in [0.29, 0.717) is 16.9 Å². The zero-order chi connectivity index (χ0) is 41.6. The van der Waals surface area contributed by atoms with Gasteiger partial charge in [0.15, 0.2) is 33.7 Å². The summed E-state index contributed by atoms with van der Waals surface area (Å²) < 4.78 is 108. The highest BCUT2D eigenvalue weighted by Gasteiger charge is 2.47. The summed E-state index contributed by atoms with van der Waals surface area (Å²) >= 11 is 5.39. The fourth-order valence-electron chi connectivity index (χ4n) is 7.53. The summed E-state index contributed by atoms with van der Waals surface area (Å²) in [6.45, 7) is 7.90. The lowest BCUT2D eigenvalue weighted by Crippen LogP contribution is -2.47. The summed E-state index contributed by atoms with van der Waals surface area (Å²) in [5, 5.41) is 2.57. The van der Waals surface area contributed by atoms with E-state index in [0.717, 1.165) is 0 Å². The first-order valence-electron chi connectivity index (χ1n) is 17.7. The van der Waals surface area contributed by atoms with Gasteiger partial charge in [0.1, 0.15) is 0 Å². The molecule has 0 saturated carbocycles. The molecule has 2 fully saturated rings.